The van der Waals surface area contributed by atoms with Crippen LogP contribution in [0.25, 0.3) is 11.1 Å². The number of ether oxygens (including phenoxy) is 1. The van der Waals surface area contributed by atoms with Gasteiger partial charge < -0.3 is 4.74 Å². The lowest BCUT2D eigenvalue weighted by Gasteiger charge is -2.38. The third kappa shape index (κ3) is 7.91. The summed E-state index contributed by atoms with van der Waals surface area (Å²) in [4.78, 5) is 0. The highest BCUT2D eigenvalue weighted by Gasteiger charge is 2.30. The monoisotopic (exact) mass is 492 g/mol. The van der Waals surface area contributed by atoms with Gasteiger partial charge in [0, 0.05) is 7.11 Å². The molecule has 0 bridgehead atoms. The first-order valence-corrected chi connectivity index (χ1v) is 14.9. The quantitative estimate of drug-likeness (QED) is 0.268. The molecule has 0 spiro atoms. The van der Waals surface area contributed by atoms with Crippen LogP contribution < -0.4 is 0 Å². The first-order valence-electron chi connectivity index (χ1n) is 14.9. The highest BCUT2D eigenvalue weighted by Crippen LogP contribution is 2.43. The van der Waals surface area contributed by atoms with Crippen molar-refractivity contribution in [1.82, 2.24) is 0 Å². The summed E-state index contributed by atoms with van der Waals surface area (Å²) in [5, 5.41) is 0. The summed E-state index contributed by atoms with van der Waals surface area (Å²) >= 11 is 0. The second-order valence-corrected chi connectivity index (χ2v) is 11.8. The summed E-state index contributed by atoms with van der Waals surface area (Å²) in [5.41, 5.74) is 5.28. The number of alkyl halides is 1. The Morgan fingerprint density at radius 1 is 0.694 bits per heavy atom. The van der Waals surface area contributed by atoms with Crippen LogP contribution in [0, 0.1) is 23.7 Å². The smallest absolute Gasteiger partial charge is 0.0894 e. The molecule has 4 rings (SSSR count). The van der Waals surface area contributed by atoms with E-state index < -0.39 is 0 Å². The summed E-state index contributed by atoms with van der Waals surface area (Å²) < 4.78 is 17.7. The van der Waals surface area contributed by atoms with Gasteiger partial charge in [0.1, 0.15) is 0 Å². The molecule has 2 aliphatic rings. The zero-order valence-corrected chi connectivity index (χ0v) is 22.9. The second-order valence-electron chi connectivity index (χ2n) is 11.8. The maximum absolute atomic E-state index is 12.3. The van der Waals surface area contributed by atoms with Gasteiger partial charge in [0.05, 0.1) is 12.8 Å². The van der Waals surface area contributed by atoms with E-state index >= 15 is 0 Å². The van der Waals surface area contributed by atoms with Crippen LogP contribution in [-0.2, 0) is 11.2 Å². The fourth-order valence-corrected chi connectivity index (χ4v) is 6.92. The van der Waals surface area contributed by atoms with Crippen molar-refractivity contribution in [3.63, 3.8) is 0 Å². The van der Waals surface area contributed by atoms with Gasteiger partial charge in [0.25, 0.3) is 0 Å². The molecule has 0 radical (unpaired) electrons. The lowest BCUT2D eigenvalue weighted by molar-refractivity contribution is 0.119. The van der Waals surface area contributed by atoms with Gasteiger partial charge in [-0.05, 0) is 97.8 Å². The van der Waals surface area contributed by atoms with E-state index in [1.807, 2.05) is 0 Å². The van der Waals surface area contributed by atoms with Gasteiger partial charge in [0.2, 0.25) is 0 Å². The van der Waals surface area contributed by atoms with Crippen molar-refractivity contribution < 1.29 is 9.13 Å². The molecule has 1 nitrogen and oxygen atoms in total. The molecule has 2 saturated carbocycles. The van der Waals surface area contributed by atoms with Gasteiger partial charge in [-0.2, -0.15) is 0 Å². The average molecular weight is 493 g/mol. The van der Waals surface area contributed by atoms with E-state index in [1.54, 1.807) is 7.11 Å². The first-order chi connectivity index (χ1) is 17.7. The number of aryl methyl sites for hydroxylation is 1. The maximum atomic E-state index is 12.3. The predicted octanol–water partition coefficient (Wildman–Crippen LogP) is 10.1. The van der Waals surface area contributed by atoms with Gasteiger partial charge in [-0.15, -0.1) is 0 Å². The molecule has 0 amide bonds. The van der Waals surface area contributed by atoms with E-state index in [9.17, 15) is 4.39 Å². The minimum Gasteiger partial charge on any atom is -0.377 e. The van der Waals surface area contributed by atoms with Gasteiger partial charge in [-0.25, -0.2) is 0 Å². The Morgan fingerprint density at radius 2 is 1.22 bits per heavy atom. The van der Waals surface area contributed by atoms with Gasteiger partial charge in [-0.3, -0.25) is 4.39 Å². The molecular formula is C34H49FO. The van der Waals surface area contributed by atoms with Crippen molar-refractivity contribution in [1.29, 1.82) is 0 Å². The highest BCUT2D eigenvalue weighted by molar-refractivity contribution is 5.64. The minimum atomic E-state index is -0.133. The van der Waals surface area contributed by atoms with Crippen LogP contribution in [0.4, 0.5) is 4.39 Å². The molecule has 0 aliphatic heterocycles. The summed E-state index contributed by atoms with van der Waals surface area (Å²) in [5.74, 6) is 3.84. The Balaban J connectivity index is 1.14. The highest BCUT2D eigenvalue weighted by atomic mass is 19.1. The Kier molecular flexibility index (Phi) is 10.9. The van der Waals surface area contributed by atoms with Crippen LogP contribution in [0.3, 0.4) is 0 Å². The van der Waals surface area contributed by atoms with Crippen molar-refractivity contribution in [2.75, 3.05) is 13.8 Å². The lowest BCUT2D eigenvalue weighted by atomic mass is 9.68. The number of methoxy groups -OCH3 is 1. The molecular weight excluding hydrogens is 443 g/mol. The molecule has 1 atom stereocenters. The molecule has 2 aromatic carbocycles. The van der Waals surface area contributed by atoms with Crippen LogP contribution in [0.1, 0.15) is 108 Å². The Bertz CT molecular complexity index is 857. The van der Waals surface area contributed by atoms with Crippen molar-refractivity contribution >= 4 is 0 Å². The molecule has 1 unspecified atom stereocenters. The lowest BCUT2D eigenvalue weighted by Crippen LogP contribution is -2.26. The van der Waals surface area contributed by atoms with Crippen LogP contribution in [0.5, 0.6) is 0 Å². The molecule has 2 aromatic rings. The van der Waals surface area contributed by atoms with E-state index in [0.717, 1.165) is 36.5 Å². The third-order valence-electron chi connectivity index (χ3n) is 9.56. The number of benzene rings is 2. The summed E-state index contributed by atoms with van der Waals surface area (Å²) in [6, 6.07) is 18.0. The standard InChI is InChI=1S/C34H49FO/c1-26(36-2)30-21-23-34(24-22-30)33-19-13-29(14-20-33)8-7-28-11-17-32(18-12-28)31-15-9-27(10-16-31)6-4-3-5-25-35/h13-14,19-24,26-28,31-32H,3-12,15-18,25H2,1-2H3/t26?,27-,28?,31-,32?. The maximum Gasteiger partial charge on any atom is 0.0894 e. The summed E-state index contributed by atoms with van der Waals surface area (Å²) in [6.07, 6.45) is 18.8. The Labute approximate surface area is 220 Å². The zero-order valence-electron chi connectivity index (χ0n) is 22.9. The molecule has 198 valence electrons. The fraction of sp³-hybridized carbons (Fsp3) is 0.647. The van der Waals surface area contributed by atoms with Crippen LogP contribution in [-0.4, -0.2) is 13.8 Å². The molecule has 0 saturated heterocycles. The zero-order chi connectivity index (χ0) is 25.2. The van der Waals surface area contributed by atoms with E-state index in [4.69, 9.17) is 4.74 Å². The molecule has 0 N–H and O–H groups in total. The largest absolute Gasteiger partial charge is 0.377 e. The Morgan fingerprint density at radius 3 is 1.75 bits per heavy atom. The normalized spacial score (nSPS) is 25.5. The fourth-order valence-electron chi connectivity index (χ4n) is 6.92. The number of halogens is 1. The van der Waals surface area contributed by atoms with E-state index in [2.05, 4.69) is 55.5 Å². The van der Waals surface area contributed by atoms with Crippen molar-refractivity contribution in [3.8, 4) is 11.1 Å². The Hall–Kier alpha value is -1.67. The number of rotatable bonds is 12. The first kappa shape index (κ1) is 27.4. The van der Waals surface area contributed by atoms with Gasteiger partial charge in [-0.1, -0.05) is 93.5 Å². The SMILES string of the molecule is COC(C)c1ccc(-c2ccc(CCC3CCC([C@H]4CC[C@H](CCCCCF)CC4)CC3)cc2)cc1. The van der Waals surface area contributed by atoms with Crippen molar-refractivity contribution in [3.05, 3.63) is 59.7 Å². The van der Waals surface area contributed by atoms with E-state index in [1.165, 1.54) is 99.3 Å². The predicted molar refractivity (Wildman–Crippen MR) is 151 cm³/mol. The summed E-state index contributed by atoms with van der Waals surface area (Å²) in [6.45, 7) is 1.95. The van der Waals surface area contributed by atoms with Gasteiger partial charge >= 0.3 is 0 Å². The molecule has 2 aliphatic carbocycles. The second kappa shape index (κ2) is 14.3. The van der Waals surface area contributed by atoms with E-state index in [-0.39, 0.29) is 12.8 Å². The van der Waals surface area contributed by atoms with Crippen LogP contribution in [0.15, 0.2) is 48.5 Å². The topological polar surface area (TPSA) is 9.23 Å². The number of unbranched alkanes of at least 4 members (excludes halogenated alkanes) is 2. The molecule has 0 heterocycles. The molecule has 2 fully saturated rings. The summed E-state index contributed by atoms with van der Waals surface area (Å²) in [7, 11) is 1.76. The number of hydrogen-bond donors (Lipinski definition) is 0. The van der Waals surface area contributed by atoms with Gasteiger partial charge in [0.15, 0.2) is 0 Å². The van der Waals surface area contributed by atoms with Crippen molar-refractivity contribution in [2.45, 2.75) is 103 Å². The van der Waals surface area contributed by atoms with Crippen LogP contribution >= 0.6 is 0 Å². The number of hydrogen-bond acceptors (Lipinski definition) is 1. The van der Waals surface area contributed by atoms with E-state index in [0.29, 0.717) is 0 Å². The molecule has 36 heavy (non-hydrogen) atoms. The average Bonchev–Trinajstić information content (AvgIpc) is 2.95. The molecule has 0 aromatic heterocycles. The third-order valence-corrected chi connectivity index (χ3v) is 9.56. The molecule has 2 heteroatoms. The van der Waals surface area contributed by atoms with Crippen LogP contribution in [0.2, 0.25) is 0 Å². The van der Waals surface area contributed by atoms with Crippen molar-refractivity contribution in [2.24, 2.45) is 23.7 Å². The minimum absolute atomic E-state index is 0.133.